The number of carbonyl (C=O) groups excluding carboxylic acids is 2. The van der Waals surface area contributed by atoms with Crippen LogP contribution in [0.1, 0.15) is 49.0 Å². The molecule has 0 spiro atoms. The van der Waals surface area contributed by atoms with E-state index in [1.54, 1.807) is 19.1 Å². The number of carbonyl (C=O) groups is 2. The van der Waals surface area contributed by atoms with Gasteiger partial charge in [0.2, 0.25) is 5.91 Å². The van der Waals surface area contributed by atoms with Gasteiger partial charge in [-0.25, -0.2) is 0 Å². The second-order valence-electron chi connectivity index (χ2n) is 6.15. The highest BCUT2D eigenvalue weighted by Gasteiger charge is 2.24. The summed E-state index contributed by atoms with van der Waals surface area (Å²) < 4.78 is 0. The summed E-state index contributed by atoms with van der Waals surface area (Å²) in [4.78, 5) is 26.2. The Hall–Kier alpha value is -1.88. The summed E-state index contributed by atoms with van der Waals surface area (Å²) in [5.74, 6) is -0.160. The van der Waals surface area contributed by atoms with E-state index in [4.69, 9.17) is 5.73 Å². The fraction of sp³-hybridized carbons (Fsp3) is 0.529. The lowest BCUT2D eigenvalue weighted by molar-refractivity contribution is -0.117. The molecule has 2 atom stereocenters. The predicted octanol–water partition coefficient (Wildman–Crippen LogP) is 2.30. The monoisotopic (exact) mass is 303 g/mol. The molecule has 1 aromatic carbocycles. The molecule has 120 valence electrons. The van der Waals surface area contributed by atoms with Crippen molar-refractivity contribution in [3.8, 4) is 0 Å². The second kappa shape index (κ2) is 6.92. The normalized spacial score (nSPS) is 19.6. The third-order valence-electron chi connectivity index (χ3n) is 4.21. The largest absolute Gasteiger partial charge is 0.336 e. The minimum atomic E-state index is -0.560. The first-order valence-corrected chi connectivity index (χ1v) is 7.88. The molecule has 0 aliphatic carbocycles. The Morgan fingerprint density at radius 1 is 1.36 bits per heavy atom. The SMILES string of the molecule is Cc1cc(C(=O)N2CCCCC2C)ccc1NC(=O)[C@H](C)N. The van der Waals surface area contributed by atoms with Gasteiger partial charge >= 0.3 is 0 Å². The summed E-state index contributed by atoms with van der Waals surface area (Å²) in [6.07, 6.45) is 3.32. The molecule has 0 saturated carbocycles. The quantitative estimate of drug-likeness (QED) is 0.899. The molecule has 1 saturated heterocycles. The molecule has 0 bridgehead atoms. The van der Waals surface area contributed by atoms with Crippen LogP contribution in [0.2, 0.25) is 0 Å². The van der Waals surface area contributed by atoms with Crippen molar-refractivity contribution in [1.29, 1.82) is 0 Å². The Kier molecular flexibility index (Phi) is 5.19. The number of nitrogens with one attached hydrogen (secondary N) is 1. The van der Waals surface area contributed by atoms with Crippen LogP contribution in [0, 0.1) is 6.92 Å². The molecule has 3 N–H and O–H groups in total. The van der Waals surface area contributed by atoms with Gasteiger partial charge in [-0.05, 0) is 63.8 Å². The fourth-order valence-corrected chi connectivity index (χ4v) is 2.75. The third kappa shape index (κ3) is 3.65. The molecular weight excluding hydrogens is 278 g/mol. The molecule has 5 nitrogen and oxygen atoms in total. The number of likely N-dealkylation sites (tertiary alicyclic amines) is 1. The Balaban J connectivity index is 2.14. The Morgan fingerprint density at radius 3 is 2.68 bits per heavy atom. The van der Waals surface area contributed by atoms with Crippen molar-refractivity contribution in [1.82, 2.24) is 4.90 Å². The third-order valence-corrected chi connectivity index (χ3v) is 4.21. The average Bonchev–Trinajstić information content (AvgIpc) is 2.49. The predicted molar refractivity (Wildman–Crippen MR) is 87.8 cm³/mol. The molecular formula is C17H25N3O2. The highest BCUT2D eigenvalue weighted by molar-refractivity contribution is 5.98. The zero-order valence-corrected chi connectivity index (χ0v) is 13.6. The maximum Gasteiger partial charge on any atom is 0.254 e. The highest BCUT2D eigenvalue weighted by Crippen LogP contribution is 2.22. The average molecular weight is 303 g/mol. The van der Waals surface area contributed by atoms with Gasteiger partial charge in [-0.1, -0.05) is 0 Å². The molecule has 22 heavy (non-hydrogen) atoms. The Morgan fingerprint density at radius 2 is 2.09 bits per heavy atom. The van der Waals surface area contributed by atoms with Gasteiger partial charge in [-0.15, -0.1) is 0 Å². The van der Waals surface area contributed by atoms with Crippen LogP contribution in [-0.4, -0.2) is 35.3 Å². The number of piperidine rings is 1. The van der Waals surface area contributed by atoms with E-state index < -0.39 is 6.04 Å². The first kappa shape index (κ1) is 16.5. The maximum absolute atomic E-state index is 12.6. The molecule has 1 aliphatic rings. The summed E-state index contributed by atoms with van der Waals surface area (Å²) in [5.41, 5.74) is 7.79. The van der Waals surface area contributed by atoms with Crippen molar-refractivity contribution < 1.29 is 9.59 Å². The lowest BCUT2D eigenvalue weighted by Crippen LogP contribution is -2.42. The van der Waals surface area contributed by atoms with E-state index in [-0.39, 0.29) is 11.8 Å². The molecule has 1 aromatic rings. The smallest absolute Gasteiger partial charge is 0.254 e. The number of nitrogens with zero attached hydrogens (tertiary/aromatic N) is 1. The molecule has 5 heteroatoms. The summed E-state index contributed by atoms with van der Waals surface area (Å²) in [6.45, 7) is 6.44. The number of amides is 2. The van der Waals surface area contributed by atoms with Crippen molar-refractivity contribution in [2.45, 2.75) is 52.1 Å². The number of hydrogen-bond donors (Lipinski definition) is 2. The van der Waals surface area contributed by atoms with Crippen molar-refractivity contribution in [3.05, 3.63) is 29.3 Å². The van der Waals surface area contributed by atoms with E-state index >= 15 is 0 Å². The standard InChI is InChI=1S/C17H25N3O2/c1-11-10-14(7-8-15(11)19-16(21)13(3)18)17(22)20-9-5-4-6-12(20)2/h7-8,10,12-13H,4-6,9,18H2,1-3H3,(H,19,21)/t12?,13-/m0/s1. The lowest BCUT2D eigenvalue weighted by atomic mass is 10.0. The van der Waals surface area contributed by atoms with Gasteiger partial charge < -0.3 is 16.0 Å². The first-order chi connectivity index (χ1) is 10.4. The molecule has 1 fully saturated rings. The van der Waals surface area contributed by atoms with Crippen LogP contribution >= 0.6 is 0 Å². The zero-order valence-electron chi connectivity index (χ0n) is 13.6. The summed E-state index contributed by atoms with van der Waals surface area (Å²) >= 11 is 0. The minimum absolute atomic E-state index is 0.0698. The molecule has 1 aliphatic heterocycles. The molecule has 1 heterocycles. The number of aryl methyl sites for hydroxylation is 1. The molecule has 0 radical (unpaired) electrons. The number of rotatable bonds is 3. The van der Waals surface area contributed by atoms with Gasteiger partial charge in [0, 0.05) is 23.8 Å². The van der Waals surface area contributed by atoms with Gasteiger partial charge in [-0.3, -0.25) is 9.59 Å². The number of benzene rings is 1. The van der Waals surface area contributed by atoms with Crippen LogP contribution in [0.3, 0.4) is 0 Å². The molecule has 1 unspecified atom stereocenters. The van der Waals surface area contributed by atoms with Crippen molar-refractivity contribution in [2.75, 3.05) is 11.9 Å². The zero-order chi connectivity index (χ0) is 16.3. The lowest BCUT2D eigenvalue weighted by Gasteiger charge is -2.33. The number of anilines is 1. The second-order valence-corrected chi connectivity index (χ2v) is 6.15. The highest BCUT2D eigenvalue weighted by atomic mass is 16.2. The van der Waals surface area contributed by atoms with Crippen molar-refractivity contribution >= 4 is 17.5 Å². The van der Waals surface area contributed by atoms with Crippen LogP contribution in [0.4, 0.5) is 5.69 Å². The van der Waals surface area contributed by atoms with Crippen molar-refractivity contribution in [3.63, 3.8) is 0 Å². The molecule has 2 amide bonds. The summed E-state index contributed by atoms with van der Waals surface area (Å²) in [7, 11) is 0. The molecule has 0 aromatic heterocycles. The fourth-order valence-electron chi connectivity index (χ4n) is 2.75. The van der Waals surface area contributed by atoms with Gasteiger partial charge in [0.1, 0.15) is 0 Å². The van der Waals surface area contributed by atoms with Crippen LogP contribution < -0.4 is 11.1 Å². The Labute approximate surface area is 131 Å². The minimum Gasteiger partial charge on any atom is -0.336 e. The number of hydrogen-bond acceptors (Lipinski definition) is 3. The topological polar surface area (TPSA) is 75.4 Å². The van der Waals surface area contributed by atoms with E-state index in [2.05, 4.69) is 12.2 Å². The van der Waals surface area contributed by atoms with E-state index in [1.165, 1.54) is 6.42 Å². The van der Waals surface area contributed by atoms with Crippen LogP contribution in [-0.2, 0) is 4.79 Å². The number of nitrogens with two attached hydrogens (primary N) is 1. The van der Waals surface area contributed by atoms with Gasteiger partial charge in [0.15, 0.2) is 0 Å². The van der Waals surface area contributed by atoms with E-state index in [0.717, 1.165) is 24.9 Å². The van der Waals surface area contributed by atoms with Gasteiger partial charge in [-0.2, -0.15) is 0 Å². The van der Waals surface area contributed by atoms with E-state index in [0.29, 0.717) is 17.3 Å². The van der Waals surface area contributed by atoms with Crippen molar-refractivity contribution in [2.24, 2.45) is 5.73 Å². The van der Waals surface area contributed by atoms with Crippen LogP contribution in [0.15, 0.2) is 18.2 Å². The van der Waals surface area contributed by atoms with Gasteiger partial charge in [0.05, 0.1) is 6.04 Å². The van der Waals surface area contributed by atoms with E-state index in [1.807, 2.05) is 17.9 Å². The first-order valence-electron chi connectivity index (χ1n) is 7.88. The van der Waals surface area contributed by atoms with E-state index in [9.17, 15) is 9.59 Å². The maximum atomic E-state index is 12.6. The van der Waals surface area contributed by atoms with Crippen LogP contribution in [0.5, 0.6) is 0 Å². The van der Waals surface area contributed by atoms with Gasteiger partial charge in [0.25, 0.3) is 5.91 Å². The summed E-state index contributed by atoms with van der Waals surface area (Å²) in [6, 6.07) is 5.11. The Bertz CT molecular complexity index is 569. The van der Waals surface area contributed by atoms with Crippen LogP contribution in [0.25, 0.3) is 0 Å². The molecule has 2 rings (SSSR count). The summed E-state index contributed by atoms with van der Waals surface area (Å²) in [5, 5.41) is 2.78.